The van der Waals surface area contributed by atoms with Crippen LogP contribution in [0.15, 0.2) is 76.7 Å². The van der Waals surface area contributed by atoms with Crippen LogP contribution in [0.4, 0.5) is 5.69 Å². The van der Waals surface area contributed by atoms with Crippen molar-refractivity contribution in [2.45, 2.75) is 11.8 Å². The Morgan fingerprint density at radius 3 is 2.42 bits per heavy atom. The summed E-state index contributed by atoms with van der Waals surface area (Å²) in [6, 6.07) is 17.5. The van der Waals surface area contributed by atoms with Gasteiger partial charge in [0.25, 0.3) is 5.91 Å². The van der Waals surface area contributed by atoms with Crippen LogP contribution in [0.5, 0.6) is 11.5 Å². The van der Waals surface area contributed by atoms with E-state index in [9.17, 15) is 13.2 Å². The number of carbonyl (C=O) groups excluding carboxylic acids is 1. The second-order valence-corrected chi connectivity index (χ2v) is 8.09. The van der Waals surface area contributed by atoms with Crippen molar-refractivity contribution in [2.75, 3.05) is 12.8 Å². The van der Waals surface area contributed by atoms with Crippen LogP contribution in [0.25, 0.3) is 0 Å². The number of rotatable bonds is 7. The molecule has 8 nitrogen and oxygen atoms in total. The van der Waals surface area contributed by atoms with Crippen LogP contribution >= 0.6 is 0 Å². The fourth-order valence-electron chi connectivity index (χ4n) is 2.63. The molecule has 0 aromatic heterocycles. The number of aryl methyl sites for hydroxylation is 1. The van der Waals surface area contributed by atoms with E-state index in [1.807, 2.05) is 6.92 Å². The summed E-state index contributed by atoms with van der Waals surface area (Å²) in [7, 11) is -2.63. The number of hydrogen-bond donors (Lipinski definition) is 2. The topological polar surface area (TPSA) is 120 Å². The molecule has 0 atom stereocenters. The Morgan fingerprint density at radius 1 is 1.03 bits per heavy atom. The van der Waals surface area contributed by atoms with Crippen molar-refractivity contribution in [1.29, 1.82) is 0 Å². The normalized spacial score (nSPS) is 11.3. The number of amides is 1. The zero-order valence-electron chi connectivity index (χ0n) is 16.9. The summed E-state index contributed by atoms with van der Waals surface area (Å²) in [5.41, 5.74) is 10.3. The number of nitrogen functional groups attached to an aromatic ring is 1. The minimum atomic E-state index is -4.02. The van der Waals surface area contributed by atoms with E-state index in [1.165, 1.54) is 37.6 Å². The number of carbonyl (C=O) groups is 1. The van der Waals surface area contributed by atoms with Crippen molar-refractivity contribution >= 4 is 27.9 Å². The molecule has 0 aliphatic carbocycles. The van der Waals surface area contributed by atoms with Gasteiger partial charge in [0.05, 0.1) is 18.9 Å². The molecule has 160 valence electrons. The monoisotopic (exact) mass is 439 g/mol. The number of nitrogens with zero attached hydrogens (tertiary/aromatic N) is 1. The van der Waals surface area contributed by atoms with Crippen molar-refractivity contribution < 1.29 is 22.1 Å². The van der Waals surface area contributed by atoms with Crippen molar-refractivity contribution in [3.63, 3.8) is 0 Å². The number of nitrogens with two attached hydrogens (primary N) is 1. The molecule has 9 heteroatoms. The lowest BCUT2D eigenvalue weighted by atomic mass is 10.2. The lowest BCUT2D eigenvalue weighted by Gasteiger charge is -2.11. The molecule has 31 heavy (non-hydrogen) atoms. The second-order valence-electron chi connectivity index (χ2n) is 6.55. The maximum Gasteiger partial charge on any atom is 0.339 e. The van der Waals surface area contributed by atoms with E-state index >= 15 is 0 Å². The molecule has 0 aliphatic heterocycles. The zero-order chi connectivity index (χ0) is 22.4. The third kappa shape index (κ3) is 5.40. The average Bonchev–Trinajstić information content (AvgIpc) is 2.75. The van der Waals surface area contributed by atoms with Gasteiger partial charge < -0.3 is 14.7 Å². The first-order valence-corrected chi connectivity index (χ1v) is 10.6. The SMILES string of the molecule is COc1cc(/C=N\NC(=O)c2ccccc2N)ccc1OS(=O)(=O)c1ccc(C)cc1. The van der Waals surface area contributed by atoms with Gasteiger partial charge in [-0.15, -0.1) is 0 Å². The highest BCUT2D eigenvalue weighted by Gasteiger charge is 2.19. The molecule has 3 N–H and O–H groups in total. The van der Waals surface area contributed by atoms with E-state index in [4.69, 9.17) is 14.7 Å². The Labute approximate surface area is 180 Å². The van der Waals surface area contributed by atoms with Crippen LogP contribution < -0.4 is 20.1 Å². The Hall–Kier alpha value is -3.85. The van der Waals surface area contributed by atoms with Crippen molar-refractivity contribution in [3.05, 3.63) is 83.4 Å². The summed E-state index contributed by atoms with van der Waals surface area (Å²) in [5, 5.41) is 3.90. The standard InChI is InChI=1S/C22H21N3O5S/c1-15-7-10-17(11-8-15)31(27,28)30-20-12-9-16(13-21(20)29-2)14-24-25-22(26)18-5-3-4-6-19(18)23/h3-14H,23H2,1-2H3,(H,25,26)/b24-14-. The number of hydrazone groups is 1. The molecule has 0 saturated carbocycles. The summed E-state index contributed by atoms with van der Waals surface area (Å²) in [5.74, 6) is -0.231. The molecule has 3 aromatic rings. The van der Waals surface area contributed by atoms with Crippen LogP contribution in [0.2, 0.25) is 0 Å². The van der Waals surface area contributed by atoms with Crippen LogP contribution in [-0.2, 0) is 10.1 Å². The molecule has 0 spiro atoms. The maximum atomic E-state index is 12.5. The summed E-state index contributed by atoms with van der Waals surface area (Å²) in [6.45, 7) is 1.86. The predicted octanol–water partition coefficient (Wildman–Crippen LogP) is 3.12. The van der Waals surface area contributed by atoms with Gasteiger partial charge in [-0.25, -0.2) is 5.43 Å². The van der Waals surface area contributed by atoms with E-state index in [0.29, 0.717) is 16.8 Å². The number of nitrogens with one attached hydrogen (secondary N) is 1. The van der Waals surface area contributed by atoms with E-state index in [2.05, 4.69) is 10.5 Å². The third-order valence-electron chi connectivity index (χ3n) is 4.28. The van der Waals surface area contributed by atoms with Gasteiger partial charge in [-0.2, -0.15) is 13.5 Å². The first-order valence-electron chi connectivity index (χ1n) is 9.17. The quantitative estimate of drug-likeness (QED) is 0.253. The molecule has 0 unspecified atom stereocenters. The predicted molar refractivity (Wildman–Crippen MR) is 118 cm³/mol. The smallest absolute Gasteiger partial charge is 0.339 e. The molecule has 0 aliphatic rings. The van der Waals surface area contributed by atoms with Gasteiger partial charge in [0.2, 0.25) is 0 Å². The number of hydrogen-bond acceptors (Lipinski definition) is 7. The third-order valence-corrected chi connectivity index (χ3v) is 5.53. The van der Waals surface area contributed by atoms with Gasteiger partial charge in [-0.3, -0.25) is 4.79 Å². The molecule has 0 saturated heterocycles. The summed E-state index contributed by atoms with van der Waals surface area (Å²) in [6.07, 6.45) is 1.39. The highest BCUT2D eigenvalue weighted by atomic mass is 32.2. The molecular weight excluding hydrogens is 418 g/mol. The van der Waals surface area contributed by atoms with E-state index in [1.54, 1.807) is 42.5 Å². The number of ether oxygens (including phenoxy) is 1. The van der Waals surface area contributed by atoms with Gasteiger partial charge in [0, 0.05) is 5.69 Å². The van der Waals surface area contributed by atoms with Gasteiger partial charge in [-0.05, 0) is 55.0 Å². The van der Waals surface area contributed by atoms with Gasteiger partial charge in [0.1, 0.15) is 4.90 Å². The van der Waals surface area contributed by atoms with Gasteiger partial charge >= 0.3 is 10.1 Å². The second kappa shape index (κ2) is 9.31. The highest BCUT2D eigenvalue weighted by Crippen LogP contribution is 2.30. The van der Waals surface area contributed by atoms with Gasteiger partial charge in [0.15, 0.2) is 11.5 Å². The first kappa shape index (κ1) is 21.8. The highest BCUT2D eigenvalue weighted by molar-refractivity contribution is 7.87. The largest absolute Gasteiger partial charge is 0.493 e. The van der Waals surface area contributed by atoms with Crippen molar-refractivity contribution in [3.8, 4) is 11.5 Å². The zero-order valence-corrected chi connectivity index (χ0v) is 17.7. The molecular formula is C22H21N3O5S. The van der Waals surface area contributed by atoms with Crippen LogP contribution in [0, 0.1) is 6.92 Å². The van der Waals surface area contributed by atoms with Crippen LogP contribution in [0.1, 0.15) is 21.5 Å². The Morgan fingerprint density at radius 2 is 1.74 bits per heavy atom. The van der Waals surface area contributed by atoms with Crippen LogP contribution in [0.3, 0.4) is 0 Å². The minimum Gasteiger partial charge on any atom is -0.493 e. The van der Waals surface area contributed by atoms with E-state index in [0.717, 1.165) is 5.56 Å². The fraction of sp³-hybridized carbons (Fsp3) is 0.0909. The molecule has 0 fully saturated rings. The Bertz CT molecular complexity index is 1220. The van der Waals surface area contributed by atoms with E-state index < -0.39 is 16.0 Å². The lowest BCUT2D eigenvalue weighted by molar-refractivity contribution is 0.0956. The van der Waals surface area contributed by atoms with Crippen molar-refractivity contribution in [2.24, 2.45) is 5.10 Å². The fourth-order valence-corrected chi connectivity index (χ4v) is 3.57. The molecule has 0 bridgehead atoms. The molecule has 3 rings (SSSR count). The average molecular weight is 439 g/mol. The number of benzene rings is 3. The summed E-state index contributed by atoms with van der Waals surface area (Å²) < 4.78 is 35.5. The summed E-state index contributed by atoms with van der Waals surface area (Å²) >= 11 is 0. The van der Waals surface area contributed by atoms with E-state index in [-0.39, 0.29) is 16.4 Å². The Kier molecular flexibility index (Phi) is 6.56. The van der Waals surface area contributed by atoms with Gasteiger partial charge in [-0.1, -0.05) is 29.8 Å². The molecule has 0 radical (unpaired) electrons. The minimum absolute atomic E-state index is 0.0290. The Balaban J connectivity index is 1.74. The molecule has 0 heterocycles. The molecule has 3 aromatic carbocycles. The number of methoxy groups -OCH3 is 1. The molecule has 1 amide bonds. The lowest BCUT2D eigenvalue weighted by Crippen LogP contribution is -2.19. The number of para-hydroxylation sites is 1. The first-order chi connectivity index (χ1) is 14.8. The summed E-state index contributed by atoms with van der Waals surface area (Å²) in [4.78, 5) is 12.2. The maximum absolute atomic E-state index is 12.5. The van der Waals surface area contributed by atoms with Crippen molar-refractivity contribution in [1.82, 2.24) is 5.43 Å². The number of anilines is 1. The van der Waals surface area contributed by atoms with Crippen LogP contribution in [-0.4, -0.2) is 27.6 Å².